The maximum atomic E-state index is 12.3. The van der Waals surface area contributed by atoms with Crippen LogP contribution in [0, 0.1) is 11.8 Å². The Hall–Kier alpha value is -1.52. The van der Waals surface area contributed by atoms with Crippen molar-refractivity contribution in [3.63, 3.8) is 0 Å². The normalized spacial score (nSPS) is 29.7. The fraction of sp³-hybridized carbons (Fsp3) is 0.692. The summed E-state index contributed by atoms with van der Waals surface area (Å²) in [6.07, 6.45) is 6.58. The predicted molar refractivity (Wildman–Crippen MR) is 69.0 cm³/mol. The standard InChI is InChI=1S/C13H20N4O/c1-2-17-12(10(14)7-15-17)13(18)16-11-6-8-3-4-9(11)5-8/h7-9,11H,2-6,14H2,1H3,(H,16,18). The number of nitrogens with one attached hydrogen (secondary N) is 1. The molecule has 3 rings (SSSR count). The minimum atomic E-state index is -0.0654. The quantitative estimate of drug-likeness (QED) is 0.849. The van der Waals surface area contributed by atoms with Crippen LogP contribution in [0.15, 0.2) is 6.20 Å². The highest BCUT2D eigenvalue weighted by Gasteiger charge is 2.40. The van der Waals surface area contributed by atoms with Crippen molar-refractivity contribution in [2.24, 2.45) is 11.8 Å². The molecule has 1 aromatic rings. The van der Waals surface area contributed by atoms with E-state index in [1.54, 1.807) is 10.9 Å². The molecule has 2 aliphatic rings. The molecule has 3 N–H and O–H groups in total. The van der Waals surface area contributed by atoms with E-state index < -0.39 is 0 Å². The number of aromatic nitrogens is 2. The molecule has 0 aromatic carbocycles. The molecular weight excluding hydrogens is 228 g/mol. The summed E-state index contributed by atoms with van der Waals surface area (Å²) in [7, 11) is 0. The van der Waals surface area contributed by atoms with Crippen LogP contribution in [-0.2, 0) is 6.54 Å². The third-order valence-corrected chi connectivity index (χ3v) is 4.44. The minimum absolute atomic E-state index is 0.0654. The van der Waals surface area contributed by atoms with E-state index in [1.807, 2.05) is 6.92 Å². The highest BCUT2D eigenvalue weighted by molar-refractivity contribution is 5.97. The average Bonchev–Trinajstić information content (AvgIpc) is 3.03. The first kappa shape index (κ1) is 11.6. The molecule has 5 heteroatoms. The highest BCUT2D eigenvalue weighted by Crippen LogP contribution is 2.44. The number of fused-ring (bicyclic) bond motifs is 2. The van der Waals surface area contributed by atoms with Crippen LogP contribution in [0.4, 0.5) is 5.69 Å². The third kappa shape index (κ3) is 1.78. The number of rotatable bonds is 3. The summed E-state index contributed by atoms with van der Waals surface area (Å²) >= 11 is 0. The predicted octanol–water partition coefficient (Wildman–Crippen LogP) is 1.40. The smallest absolute Gasteiger partial charge is 0.271 e. The zero-order valence-electron chi connectivity index (χ0n) is 10.7. The van der Waals surface area contributed by atoms with E-state index in [2.05, 4.69) is 10.4 Å². The summed E-state index contributed by atoms with van der Waals surface area (Å²) in [5, 5.41) is 7.26. The molecular formula is C13H20N4O. The molecule has 2 saturated carbocycles. The Kier molecular flexibility index (Phi) is 2.76. The topological polar surface area (TPSA) is 72.9 Å². The highest BCUT2D eigenvalue weighted by atomic mass is 16.2. The molecule has 3 atom stereocenters. The zero-order valence-corrected chi connectivity index (χ0v) is 10.7. The zero-order chi connectivity index (χ0) is 12.7. The van der Waals surface area contributed by atoms with Crippen molar-refractivity contribution in [2.45, 2.75) is 45.2 Å². The van der Waals surface area contributed by atoms with Crippen LogP contribution >= 0.6 is 0 Å². The summed E-state index contributed by atoms with van der Waals surface area (Å²) in [4.78, 5) is 12.3. The molecule has 0 aliphatic heterocycles. The van der Waals surface area contributed by atoms with Gasteiger partial charge in [-0.15, -0.1) is 0 Å². The summed E-state index contributed by atoms with van der Waals surface area (Å²) in [6, 6.07) is 0.343. The number of nitrogens with zero attached hydrogens (tertiary/aromatic N) is 2. The van der Waals surface area contributed by atoms with Gasteiger partial charge in [-0.3, -0.25) is 9.48 Å². The van der Waals surface area contributed by atoms with E-state index in [1.165, 1.54) is 19.3 Å². The monoisotopic (exact) mass is 248 g/mol. The first-order valence-electron chi connectivity index (χ1n) is 6.81. The maximum Gasteiger partial charge on any atom is 0.271 e. The van der Waals surface area contributed by atoms with Gasteiger partial charge < -0.3 is 11.1 Å². The van der Waals surface area contributed by atoms with Crippen LogP contribution in [0.3, 0.4) is 0 Å². The summed E-state index contributed by atoms with van der Waals surface area (Å²) in [6.45, 7) is 2.62. The molecule has 2 fully saturated rings. The van der Waals surface area contributed by atoms with Crippen molar-refractivity contribution in [3.8, 4) is 0 Å². The van der Waals surface area contributed by atoms with Crippen molar-refractivity contribution >= 4 is 11.6 Å². The SMILES string of the molecule is CCn1ncc(N)c1C(=O)NC1CC2CCC1C2. The number of hydrogen-bond donors (Lipinski definition) is 2. The summed E-state index contributed by atoms with van der Waals surface area (Å²) in [5.74, 6) is 1.44. The molecule has 1 aromatic heterocycles. The second kappa shape index (κ2) is 4.30. The van der Waals surface area contributed by atoms with Crippen molar-refractivity contribution in [1.29, 1.82) is 0 Å². The van der Waals surface area contributed by atoms with Gasteiger partial charge in [0.05, 0.1) is 11.9 Å². The van der Waals surface area contributed by atoms with Crippen LogP contribution < -0.4 is 11.1 Å². The van der Waals surface area contributed by atoms with Gasteiger partial charge >= 0.3 is 0 Å². The van der Waals surface area contributed by atoms with Crippen LogP contribution in [0.1, 0.15) is 43.1 Å². The molecule has 1 amide bonds. The van der Waals surface area contributed by atoms with Crippen molar-refractivity contribution in [3.05, 3.63) is 11.9 Å². The summed E-state index contributed by atoms with van der Waals surface area (Å²) < 4.78 is 1.66. The van der Waals surface area contributed by atoms with Crippen LogP contribution in [0.25, 0.3) is 0 Å². The molecule has 2 aliphatic carbocycles. The number of aryl methyl sites for hydroxylation is 1. The van der Waals surface area contributed by atoms with Crippen molar-refractivity contribution in [1.82, 2.24) is 15.1 Å². The van der Waals surface area contributed by atoms with E-state index in [0.717, 1.165) is 12.3 Å². The maximum absolute atomic E-state index is 12.3. The Labute approximate surface area is 107 Å². The largest absolute Gasteiger partial charge is 0.396 e. The van der Waals surface area contributed by atoms with E-state index >= 15 is 0 Å². The van der Waals surface area contributed by atoms with Crippen LogP contribution in [0.5, 0.6) is 0 Å². The van der Waals surface area contributed by atoms with E-state index in [4.69, 9.17) is 5.73 Å². The molecule has 18 heavy (non-hydrogen) atoms. The second-order valence-corrected chi connectivity index (χ2v) is 5.52. The second-order valence-electron chi connectivity index (χ2n) is 5.52. The van der Waals surface area contributed by atoms with Crippen LogP contribution in [0.2, 0.25) is 0 Å². The lowest BCUT2D eigenvalue weighted by Crippen LogP contribution is -2.39. The van der Waals surface area contributed by atoms with E-state index in [0.29, 0.717) is 29.9 Å². The van der Waals surface area contributed by atoms with Gasteiger partial charge in [-0.2, -0.15) is 5.10 Å². The van der Waals surface area contributed by atoms with Crippen molar-refractivity contribution in [2.75, 3.05) is 5.73 Å². The number of nitrogens with two attached hydrogens (primary N) is 1. The molecule has 0 radical (unpaired) electrons. The van der Waals surface area contributed by atoms with Gasteiger partial charge in [-0.25, -0.2) is 0 Å². The number of carbonyl (C=O) groups is 1. The minimum Gasteiger partial charge on any atom is -0.396 e. The average molecular weight is 248 g/mol. The van der Waals surface area contributed by atoms with Crippen LogP contribution in [-0.4, -0.2) is 21.7 Å². The molecule has 3 unspecified atom stereocenters. The fourth-order valence-corrected chi connectivity index (χ4v) is 3.55. The Bertz CT molecular complexity index is 468. The first-order valence-corrected chi connectivity index (χ1v) is 6.81. The number of hydrogen-bond acceptors (Lipinski definition) is 3. The fourth-order valence-electron chi connectivity index (χ4n) is 3.55. The van der Waals surface area contributed by atoms with Crippen molar-refractivity contribution < 1.29 is 4.79 Å². The molecule has 1 heterocycles. The molecule has 98 valence electrons. The van der Waals surface area contributed by atoms with Gasteiger partial charge in [0.1, 0.15) is 5.69 Å². The van der Waals surface area contributed by atoms with E-state index in [9.17, 15) is 4.79 Å². The molecule has 2 bridgehead atoms. The number of amides is 1. The van der Waals surface area contributed by atoms with E-state index in [-0.39, 0.29) is 5.91 Å². The Morgan fingerprint density at radius 1 is 1.56 bits per heavy atom. The van der Waals surface area contributed by atoms with Gasteiger partial charge in [0.2, 0.25) is 0 Å². The molecule has 0 saturated heterocycles. The Morgan fingerprint density at radius 3 is 3.00 bits per heavy atom. The summed E-state index contributed by atoms with van der Waals surface area (Å²) in [5.41, 5.74) is 6.81. The number of anilines is 1. The number of nitrogen functional groups attached to an aromatic ring is 1. The van der Waals surface area contributed by atoms with Gasteiger partial charge in [-0.1, -0.05) is 6.42 Å². The first-order chi connectivity index (χ1) is 8.69. The van der Waals surface area contributed by atoms with Gasteiger partial charge in [0, 0.05) is 12.6 Å². The van der Waals surface area contributed by atoms with Gasteiger partial charge in [0.25, 0.3) is 5.91 Å². The molecule has 0 spiro atoms. The van der Waals surface area contributed by atoms with Gasteiger partial charge in [-0.05, 0) is 38.0 Å². The third-order valence-electron chi connectivity index (χ3n) is 4.44. The molecule has 5 nitrogen and oxygen atoms in total. The Morgan fingerprint density at radius 2 is 2.39 bits per heavy atom. The number of carbonyl (C=O) groups excluding carboxylic acids is 1. The lowest BCUT2D eigenvalue weighted by atomic mass is 9.95. The van der Waals surface area contributed by atoms with Gasteiger partial charge in [0.15, 0.2) is 0 Å². The lowest BCUT2D eigenvalue weighted by Gasteiger charge is -2.23. The lowest BCUT2D eigenvalue weighted by molar-refractivity contribution is 0.0913. The Balaban J connectivity index is 1.73.